The minimum Gasteiger partial charge on any atom is -0.469 e. The van der Waals surface area contributed by atoms with Crippen molar-refractivity contribution < 1.29 is 9.21 Å². The number of nitrogens with one attached hydrogen (secondary N) is 2. The van der Waals surface area contributed by atoms with Crippen LogP contribution in [0.4, 0.5) is 5.69 Å². The number of anilines is 1. The van der Waals surface area contributed by atoms with Gasteiger partial charge in [0.1, 0.15) is 5.76 Å². The number of hydrogen-bond acceptors (Lipinski definition) is 3. The van der Waals surface area contributed by atoms with Gasteiger partial charge in [-0.15, -0.1) is 0 Å². The highest BCUT2D eigenvalue weighted by Crippen LogP contribution is 2.16. The maximum Gasteiger partial charge on any atom is 0.251 e. The maximum absolute atomic E-state index is 12.2. The molecule has 1 amide bonds. The van der Waals surface area contributed by atoms with Gasteiger partial charge in [-0.3, -0.25) is 4.79 Å². The summed E-state index contributed by atoms with van der Waals surface area (Å²) in [4.78, 5) is 12.2. The van der Waals surface area contributed by atoms with Crippen LogP contribution in [0.15, 0.2) is 41.0 Å². The van der Waals surface area contributed by atoms with E-state index >= 15 is 0 Å². The lowest BCUT2D eigenvalue weighted by Gasteiger charge is -2.14. The zero-order chi connectivity index (χ0) is 15.2. The third-order valence-corrected chi connectivity index (χ3v) is 3.54. The van der Waals surface area contributed by atoms with Crippen LogP contribution in [0.2, 0.25) is 0 Å². The molecule has 0 saturated heterocycles. The van der Waals surface area contributed by atoms with Crippen molar-refractivity contribution >= 4 is 11.6 Å². The van der Waals surface area contributed by atoms with Gasteiger partial charge in [-0.05, 0) is 56.2 Å². The molecule has 2 aromatic rings. The second kappa shape index (κ2) is 6.97. The van der Waals surface area contributed by atoms with Crippen molar-refractivity contribution in [1.29, 1.82) is 0 Å². The smallest absolute Gasteiger partial charge is 0.251 e. The van der Waals surface area contributed by atoms with Crippen LogP contribution in [0.1, 0.15) is 35.0 Å². The number of benzene rings is 1. The van der Waals surface area contributed by atoms with Crippen LogP contribution in [0.3, 0.4) is 0 Å². The minimum atomic E-state index is -0.0345. The number of amides is 1. The van der Waals surface area contributed by atoms with Crippen molar-refractivity contribution in [2.75, 3.05) is 12.4 Å². The molecular weight excluding hydrogens is 264 g/mol. The predicted octanol–water partition coefficient (Wildman–Crippen LogP) is 3.38. The fourth-order valence-corrected chi connectivity index (χ4v) is 2.28. The predicted molar refractivity (Wildman–Crippen MR) is 84.7 cm³/mol. The van der Waals surface area contributed by atoms with Crippen molar-refractivity contribution in [2.45, 2.75) is 32.7 Å². The Morgan fingerprint density at radius 1 is 1.33 bits per heavy atom. The van der Waals surface area contributed by atoms with E-state index in [2.05, 4.69) is 10.6 Å². The van der Waals surface area contributed by atoms with Gasteiger partial charge in [-0.1, -0.05) is 0 Å². The monoisotopic (exact) mass is 286 g/mol. The normalized spacial score (nSPS) is 12.0. The van der Waals surface area contributed by atoms with Crippen LogP contribution in [0.25, 0.3) is 0 Å². The highest BCUT2D eigenvalue weighted by atomic mass is 16.3. The van der Waals surface area contributed by atoms with E-state index in [9.17, 15) is 4.79 Å². The molecule has 1 unspecified atom stereocenters. The molecule has 1 heterocycles. The first-order valence-electron chi connectivity index (χ1n) is 7.22. The van der Waals surface area contributed by atoms with Crippen molar-refractivity contribution in [3.05, 3.63) is 53.5 Å². The third kappa shape index (κ3) is 4.12. The van der Waals surface area contributed by atoms with Crippen molar-refractivity contribution in [3.8, 4) is 0 Å². The number of aryl methyl sites for hydroxylation is 2. The van der Waals surface area contributed by atoms with E-state index < -0.39 is 0 Å². The lowest BCUT2D eigenvalue weighted by Crippen LogP contribution is -2.32. The summed E-state index contributed by atoms with van der Waals surface area (Å²) in [5.41, 5.74) is 2.79. The summed E-state index contributed by atoms with van der Waals surface area (Å²) in [5, 5.41) is 6.12. The average molecular weight is 286 g/mol. The van der Waals surface area contributed by atoms with Gasteiger partial charge < -0.3 is 15.1 Å². The summed E-state index contributed by atoms with van der Waals surface area (Å²) in [6, 6.07) is 9.61. The molecule has 112 valence electrons. The highest BCUT2D eigenvalue weighted by molar-refractivity contribution is 5.95. The maximum atomic E-state index is 12.2. The SMILES string of the molecule is CNc1ccc(C(=O)NC(C)CCc2ccco2)cc1C. The molecule has 0 fully saturated rings. The molecule has 0 bridgehead atoms. The minimum absolute atomic E-state index is 0.0345. The first-order chi connectivity index (χ1) is 10.1. The third-order valence-electron chi connectivity index (χ3n) is 3.54. The summed E-state index contributed by atoms with van der Waals surface area (Å²) < 4.78 is 5.30. The number of rotatable bonds is 6. The summed E-state index contributed by atoms with van der Waals surface area (Å²) in [6.45, 7) is 4.00. The second-order valence-electron chi connectivity index (χ2n) is 5.27. The molecule has 0 aliphatic rings. The van der Waals surface area contributed by atoms with Crippen LogP contribution >= 0.6 is 0 Å². The molecule has 21 heavy (non-hydrogen) atoms. The van der Waals surface area contributed by atoms with Crippen LogP contribution in [0, 0.1) is 6.92 Å². The molecule has 0 spiro atoms. The molecule has 2 N–H and O–H groups in total. The molecule has 4 heteroatoms. The number of furan rings is 1. The quantitative estimate of drug-likeness (QED) is 0.856. The molecule has 0 saturated carbocycles. The number of hydrogen-bond donors (Lipinski definition) is 2. The van der Waals surface area contributed by atoms with Crippen molar-refractivity contribution in [2.24, 2.45) is 0 Å². The fourth-order valence-electron chi connectivity index (χ4n) is 2.28. The molecule has 1 aromatic carbocycles. The first kappa shape index (κ1) is 15.2. The van der Waals surface area contributed by atoms with Crippen LogP contribution < -0.4 is 10.6 Å². The molecule has 1 atom stereocenters. The Labute approximate surface area is 125 Å². The standard InChI is InChI=1S/C17H22N2O2/c1-12-11-14(7-9-16(12)18-3)17(20)19-13(2)6-8-15-5-4-10-21-15/h4-5,7,9-11,13,18H,6,8H2,1-3H3,(H,19,20). The summed E-state index contributed by atoms with van der Waals surface area (Å²) in [7, 11) is 1.87. The Balaban J connectivity index is 1.89. The molecule has 0 radical (unpaired) electrons. The largest absolute Gasteiger partial charge is 0.469 e. The van der Waals surface area contributed by atoms with Gasteiger partial charge in [-0.2, -0.15) is 0 Å². The lowest BCUT2D eigenvalue weighted by molar-refractivity contribution is 0.0938. The molecule has 4 nitrogen and oxygen atoms in total. The van der Waals surface area contributed by atoms with Gasteiger partial charge in [0.2, 0.25) is 0 Å². The summed E-state index contributed by atoms with van der Waals surface area (Å²) in [6.07, 6.45) is 3.35. The van der Waals surface area contributed by atoms with Gasteiger partial charge in [-0.25, -0.2) is 0 Å². The Kier molecular flexibility index (Phi) is 5.04. The zero-order valence-corrected chi connectivity index (χ0v) is 12.8. The highest BCUT2D eigenvalue weighted by Gasteiger charge is 2.11. The van der Waals surface area contributed by atoms with E-state index in [4.69, 9.17) is 4.42 Å². The molecule has 2 rings (SSSR count). The van der Waals surface area contributed by atoms with E-state index in [0.29, 0.717) is 5.56 Å². The molecule has 0 aliphatic heterocycles. The van der Waals surface area contributed by atoms with Crippen LogP contribution in [0.5, 0.6) is 0 Å². The molecular formula is C17H22N2O2. The average Bonchev–Trinajstić information content (AvgIpc) is 2.98. The first-order valence-corrected chi connectivity index (χ1v) is 7.22. The van der Waals surface area contributed by atoms with Gasteiger partial charge in [0.25, 0.3) is 5.91 Å². The van der Waals surface area contributed by atoms with Crippen molar-refractivity contribution in [1.82, 2.24) is 5.32 Å². The fraction of sp³-hybridized carbons (Fsp3) is 0.353. The van der Waals surface area contributed by atoms with E-state index in [-0.39, 0.29) is 11.9 Å². The Bertz CT molecular complexity index is 591. The number of carbonyl (C=O) groups is 1. The summed E-state index contributed by atoms with van der Waals surface area (Å²) >= 11 is 0. The second-order valence-corrected chi connectivity index (χ2v) is 5.27. The van der Waals surface area contributed by atoms with Crippen LogP contribution in [-0.2, 0) is 6.42 Å². The van der Waals surface area contributed by atoms with Gasteiger partial charge in [0, 0.05) is 30.8 Å². The topological polar surface area (TPSA) is 54.3 Å². The van der Waals surface area contributed by atoms with Gasteiger partial charge in [0.15, 0.2) is 0 Å². The van der Waals surface area contributed by atoms with E-state index in [1.807, 2.05) is 51.2 Å². The summed E-state index contributed by atoms with van der Waals surface area (Å²) in [5.74, 6) is 0.915. The Morgan fingerprint density at radius 3 is 2.76 bits per heavy atom. The van der Waals surface area contributed by atoms with E-state index in [1.54, 1.807) is 6.26 Å². The van der Waals surface area contributed by atoms with Gasteiger partial charge >= 0.3 is 0 Å². The Morgan fingerprint density at radius 2 is 2.14 bits per heavy atom. The zero-order valence-electron chi connectivity index (χ0n) is 12.8. The van der Waals surface area contributed by atoms with E-state index in [1.165, 1.54) is 0 Å². The Hall–Kier alpha value is -2.23. The lowest BCUT2D eigenvalue weighted by atomic mass is 10.1. The van der Waals surface area contributed by atoms with Gasteiger partial charge in [0.05, 0.1) is 6.26 Å². The van der Waals surface area contributed by atoms with Crippen LogP contribution in [-0.4, -0.2) is 19.0 Å². The molecule has 0 aliphatic carbocycles. The molecule has 1 aromatic heterocycles. The van der Waals surface area contributed by atoms with E-state index in [0.717, 1.165) is 29.9 Å². The van der Waals surface area contributed by atoms with Crippen molar-refractivity contribution in [3.63, 3.8) is 0 Å². The number of carbonyl (C=O) groups excluding carboxylic acids is 1.